The van der Waals surface area contributed by atoms with Crippen molar-refractivity contribution in [2.75, 3.05) is 25.0 Å². The summed E-state index contributed by atoms with van der Waals surface area (Å²) in [6.45, 7) is 3.51. The van der Waals surface area contributed by atoms with E-state index in [0.717, 1.165) is 36.3 Å². The molecule has 2 heterocycles. The number of oxazole rings is 1. The normalized spacial score (nSPS) is 18.9. The van der Waals surface area contributed by atoms with Crippen molar-refractivity contribution < 1.29 is 9.21 Å². The molecular weight excluding hydrogens is 242 g/mol. The summed E-state index contributed by atoms with van der Waals surface area (Å²) < 4.78 is 5.50. The maximum Gasteiger partial charge on any atom is 0.231 e. The van der Waals surface area contributed by atoms with Gasteiger partial charge in [-0.25, -0.2) is 4.98 Å². The average Bonchev–Trinajstić information content (AvgIpc) is 3.03. The molecule has 0 spiro atoms. The number of nitrogens with one attached hydrogen (secondary N) is 1. The largest absolute Gasteiger partial charge is 0.441 e. The maximum absolute atomic E-state index is 12.3. The monoisotopic (exact) mass is 259 g/mol. The fraction of sp³-hybridized carbons (Fsp3) is 0.429. The van der Waals surface area contributed by atoms with E-state index in [-0.39, 0.29) is 11.8 Å². The second kappa shape index (κ2) is 4.66. The van der Waals surface area contributed by atoms with Crippen LogP contribution in [0.3, 0.4) is 0 Å². The summed E-state index contributed by atoms with van der Waals surface area (Å²) in [5, 5.41) is 3.22. The summed E-state index contributed by atoms with van der Waals surface area (Å²) in [7, 11) is 1.81. The molecular formula is C14H17N3O2. The third-order valence-electron chi connectivity index (χ3n) is 3.61. The molecule has 1 aromatic carbocycles. The van der Waals surface area contributed by atoms with E-state index in [2.05, 4.69) is 10.3 Å². The fourth-order valence-electron chi connectivity index (χ4n) is 2.50. The molecule has 1 unspecified atom stereocenters. The smallest absolute Gasteiger partial charge is 0.231 e. The van der Waals surface area contributed by atoms with Gasteiger partial charge in [-0.2, -0.15) is 0 Å². The van der Waals surface area contributed by atoms with Gasteiger partial charge in [-0.3, -0.25) is 4.79 Å². The van der Waals surface area contributed by atoms with Crippen LogP contribution in [0.15, 0.2) is 22.6 Å². The van der Waals surface area contributed by atoms with Crippen LogP contribution in [0, 0.1) is 12.8 Å². The van der Waals surface area contributed by atoms with Gasteiger partial charge in [0, 0.05) is 32.3 Å². The molecule has 1 N–H and O–H groups in total. The van der Waals surface area contributed by atoms with E-state index in [1.807, 2.05) is 32.2 Å². The average molecular weight is 259 g/mol. The van der Waals surface area contributed by atoms with Crippen LogP contribution in [0.5, 0.6) is 0 Å². The Balaban J connectivity index is 1.87. The molecule has 5 nitrogen and oxygen atoms in total. The zero-order valence-electron chi connectivity index (χ0n) is 11.1. The van der Waals surface area contributed by atoms with E-state index in [1.54, 1.807) is 4.90 Å². The number of nitrogens with zero attached hydrogens (tertiary/aromatic N) is 2. The molecule has 0 aliphatic carbocycles. The number of benzene rings is 1. The molecule has 1 atom stereocenters. The van der Waals surface area contributed by atoms with Gasteiger partial charge in [-0.15, -0.1) is 0 Å². The summed E-state index contributed by atoms with van der Waals surface area (Å²) in [5.41, 5.74) is 2.39. The Morgan fingerprint density at radius 1 is 1.53 bits per heavy atom. The van der Waals surface area contributed by atoms with Crippen molar-refractivity contribution in [2.24, 2.45) is 5.92 Å². The van der Waals surface area contributed by atoms with Crippen LogP contribution in [0.1, 0.15) is 12.3 Å². The van der Waals surface area contributed by atoms with E-state index in [4.69, 9.17) is 4.42 Å². The van der Waals surface area contributed by atoms with Crippen LogP contribution in [0.25, 0.3) is 11.1 Å². The van der Waals surface area contributed by atoms with E-state index in [9.17, 15) is 4.79 Å². The van der Waals surface area contributed by atoms with Crippen LogP contribution in [0.4, 0.5) is 5.69 Å². The third-order valence-corrected chi connectivity index (χ3v) is 3.61. The number of aryl methyl sites for hydroxylation is 1. The molecule has 1 aromatic heterocycles. The first-order valence-electron chi connectivity index (χ1n) is 6.50. The summed E-state index contributed by atoms with van der Waals surface area (Å²) >= 11 is 0. The Bertz CT molecular complexity index is 614. The highest BCUT2D eigenvalue weighted by Gasteiger charge is 2.26. The van der Waals surface area contributed by atoms with Crippen molar-refractivity contribution in [3.63, 3.8) is 0 Å². The molecule has 1 amide bonds. The standard InChI is InChI=1S/C14H17N3O2/c1-9-16-12-4-3-11(7-13(12)19-9)17(2)14(18)10-5-6-15-8-10/h3-4,7,10,15H,5-6,8H2,1-2H3. The van der Waals surface area contributed by atoms with Crippen LogP contribution in [-0.4, -0.2) is 31.0 Å². The summed E-state index contributed by atoms with van der Waals surface area (Å²) in [4.78, 5) is 18.3. The predicted molar refractivity (Wildman–Crippen MR) is 73.1 cm³/mol. The van der Waals surface area contributed by atoms with Gasteiger partial charge in [0.05, 0.1) is 5.92 Å². The van der Waals surface area contributed by atoms with Gasteiger partial charge in [0.1, 0.15) is 5.52 Å². The van der Waals surface area contributed by atoms with E-state index >= 15 is 0 Å². The Morgan fingerprint density at radius 2 is 2.37 bits per heavy atom. The minimum absolute atomic E-state index is 0.0807. The molecule has 0 bridgehead atoms. The number of rotatable bonds is 2. The van der Waals surface area contributed by atoms with Gasteiger partial charge in [0.25, 0.3) is 0 Å². The van der Waals surface area contributed by atoms with E-state index < -0.39 is 0 Å². The first-order valence-corrected chi connectivity index (χ1v) is 6.50. The Hall–Kier alpha value is -1.88. The van der Waals surface area contributed by atoms with Crippen LogP contribution in [-0.2, 0) is 4.79 Å². The maximum atomic E-state index is 12.3. The molecule has 5 heteroatoms. The second-order valence-corrected chi connectivity index (χ2v) is 4.97. The number of anilines is 1. The SMILES string of the molecule is Cc1nc2ccc(N(C)C(=O)C3CCNC3)cc2o1. The Morgan fingerprint density at radius 3 is 3.11 bits per heavy atom. The van der Waals surface area contributed by atoms with Gasteiger partial charge in [-0.05, 0) is 25.1 Å². The highest BCUT2D eigenvalue weighted by Crippen LogP contribution is 2.24. The zero-order valence-corrected chi connectivity index (χ0v) is 11.1. The molecule has 0 radical (unpaired) electrons. The van der Waals surface area contributed by atoms with Gasteiger partial charge in [-0.1, -0.05) is 0 Å². The minimum atomic E-state index is 0.0807. The Kier molecular flexibility index (Phi) is 2.98. The highest BCUT2D eigenvalue weighted by atomic mass is 16.3. The first kappa shape index (κ1) is 12.2. The highest BCUT2D eigenvalue weighted by molar-refractivity contribution is 5.96. The molecule has 0 saturated carbocycles. The first-order chi connectivity index (χ1) is 9.15. The molecule has 100 valence electrons. The Labute approximate surface area is 111 Å². The van der Waals surface area contributed by atoms with Crippen molar-refractivity contribution in [3.05, 3.63) is 24.1 Å². The fourth-order valence-corrected chi connectivity index (χ4v) is 2.50. The van der Waals surface area contributed by atoms with Crippen molar-refractivity contribution in [3.8, 4) is 0 Å². The molecule has 3 rings (SSSR count). The van der Waals surface area contributed by atoms with E-state index in [1.165, 1.54) is 0 Å². The second-order valence-electron chi connectivity index (χ2n) is 4.97. The lowest BCUT2D eigenvalue weighted by molar-refractivity contribution is -0.121. The molecule has 1 saturated heterocycles. The van der Waals surface area contributed by atoms with Crippen molar-refractivity contribution in [1.82, 2.24) is 10.3 Å². The van der Waals surface area contributed by atoms with Crippen molar-refractivity contribution in [2.45, 2.75) is 13.3 Å². The van der Waals surface area contributed by atoms with Gasteiger partial charge >= 0.3 is 0 Å². The van der Waals surface area contributed by atoms with Crippen molar-refractivity contribution in [1.29, 1.82) is 0 Å². The predicted octanol–water partition coefficient (Wildman–Crippen LogP) is 1.71. The quantitative estimate of drug-likeness (QED) is 0.892. The van der Waals surface area contributed by atoms with Crippen LogP contribution >= 0.6 is 0 Å². The molecule has 1 aliphatic heterocycles. The number of carbonyl (C=O) groups excluding carboxylic acids is 1. The topological polar surface area (TPSA) is 58.4 Å². The summed E-state index contributed by atoms with van der Waals surface area (Å²) in [6.07, 6.45) is 0.910. The zero-order chi connectivity index (χ0) is 13.4. The van der Waals surface area contributed by atoms with Crippen LogP contribution in [0.2, 0.25) is 0 Å². The number of aromatic nitrogens is 1. The van der Waals surface area contributed by atoms with E-state index in [0.29, 0.717) is 5.89 Å². The van der Waals surface area contributed by atoms with Gasteiger partial charge in [0.15, 0.2) is 11.5 Å². The lowest BCUT2D eigenvalue weighted by atomic mass is 10.1. The van der Waals surface area contributed by atoms with Gasteiger partial charge < -0.3 is 14.6 Å². The summed E-state index contributed by atoms with van der Waals surface area (Å²) in [6, 6.07) is 5.66. The minimum Gasteiger partial charge on any atom is -0.441 e. The lowest BCUT2D eigenvalue weighted by Crippen LogP contribution is -2.33. The number of carbonyl (C=O) groups is 1. The number of hydrogen-bond acceptors (Lipinski definition) is 4. The molecule has 1 aliphatic rings. The molecule has 1 fully saturated rings. The number of fused-ring (bicyclic) bond motifs is 1. The molecule has 2 aromatic rings. The number of hydrogen-bond donors (Lipinski definition) is 1. The summed E-state index contributed by atoms with van der Waals surface area (Å²) in [5.74, 6) is 0.874. The molecule has 19 heavy (non-hydrogen) atoms. The van der Waals surface area contributed by atoms with Crippen molar-refractivity contribution >= 4 is 22.7 Å². The number of amides is 1. The van der Waals surface area contributed by atoms with Gasteiger partial charge in [0.2, 0.25) is 5.91 Å². The van der Waals surface area contributed by atoms with Crippen LogP contribution < -0.4 is 10.2 Å². The lowest BCUT2D eigenvalue weighted by Gasteiger charge is -2.20. The third kappa shape index (κ3) is 2.21.